The smallest absolute Gasteiger partial charge is 0.280 e. The first-order valence-electron chi connectivity index (χ1n) is 9.72. The Hall–Kier alpha value is -3.08. The van der Waals surface area contributed by atoms with Crippen molar-refractivity contribution in [3.8, 4) is 22.7 Å². The second kappa shape index (κ2) is 9.22. The summed E-state index contributed by atoms with van der Waals surface area (Å²) in [6.45, 7) is 4.83. The molecule has 0 saturated carbocycles. The summed E-state index contributed by atoms with van der Waals surface area (Å²) in [7, 11) is 1.62. The molecule has 0 unspecified atom stereocenters. The molecule has 28 heavy (non-hydrogen) atoms. The molecule has 0 spiro atoms. The average Bonchev–Trinajstić information content (AvgIpc) is 3.09. The highest BCUT2D eigenvalue weighted by Crippen LogP contribution is 2.22. The minimum absolute atomic E-state index is 0.0965. The van der Waals surface area contributed by atoms with Gasteiger partial charge in [0.1, 0.15) is 5.75 Å². The first-order chi connectivity index (χ1) is 13.7. The van der Waals surface area contributed by atoms with Gasteiger partial charge in [-0.25, -0.2) is 4.68 Å². The van der Waals surface area contributed by atoms with Crippen molar-refractivity contribution in [3.63, 3.8) is 0 Å². The predicted octanol–water partition coefficient (Wildman–Crippen LogP) is 4.84. The van der Waals surface area contributed by atoms with Gasteiger partial charge in [-0.3, -0.25) is 14.9 Å². The Morgan fingerprint density at radius 2 is 1.79 bits per heavy atom. The van der Waals surface area contributed by atoms with Crippen LogP contribution in [-0.4, -0.2) is 29.1 Å². The summed E-state index contributed by atoms with van der Waals surface area (Å²) in [6.07, 6.45) is 3.33. The molecule has 0 aliphatic heterocycles. The minimum Gasteiger partial charge on any atom is -0.497 e. The Bertz CT molecular complexity index is 983. The van der Waals surface area contributed by atoms with E-state index in [1.54, 1.807) is 11.8 Å². The van der Waals surface area contributed by atoms with Gasteiger partial charge in [0.15, 0.2) is 0 Å². The number of aliphatic imine (C=N–C) groups is 1. The molecule has 5 heteroatoms. The van der Waals surface area contributed by atoms with Crippen molar-refractivity contribution in [1.29, 1.82) is 0 Å². The van der Waals surface area contributed by atoms with Crippen LogP contribution in [0.5, 0.6) is 5.75 Å². The average molecular weight is 377 g/mol. The van der Waals surface area contributed by atoms with Crippen LogP contribution in [0.4, 0.5) is 0 Å². The molecular formula is C23H27N3O2. The van der Waals surface area contributed by atoms with Crippen molar-refractivity contribution in [2.45, 2.75) is 33.1 Å². The number of rotatable bonds is 8. The SMILES string of the molecule is CCCCCN=C(C)c1c(-c2ccccc2)[nH]n(-c2ccc(OC)cc2)c1=O. The van der Waals surface area contributed by atoms with Crippen molar-refractivity contribution in [2.24, 2.45) is 4.99 Å². The minimum atomic E-state index is -0.0965. The highest BCUT2D eigenvalue weighted by molar-refractivity contribution is 6.03. The van der Waals surface area contributed by atoms with Crippen LogP contribution in [-0.2, 0) is 0 Å². The van der Waals surface area contributed by atoms with Gasteiger partial charge in [0.25, 0.3) is 5.56 Å². The molecule has 0 fully saturated rings. The highest BCUT2D eigenvalue weighted by atomic mass is 16.5. The monoisotopic (exact) mass is 377 g/mol. The van der Waals surface area contributed by atoms with Gasteiger partial charge >= 0.3 is 0 Å². The predicted molar refractivity (Wildman–Crippen MR) is 115 cm³/mol. The van der Waals surface area contributed by atoms with Crippen LogP contribution in [0.3, 0.4) is 0 Å². The number of methoxy groups -OCH3 is 1. The summed E-state index contributed by atoms with van der Waals surface area (Å²) in [5, 5.41) is 3.29. The van der Waals surface area contributed by atoms with Crippen molar-refractivity contribution >= 4 is 5.71 Å². The van der Waals surface area contributed by atoms with Crippen LogP contribution in [0.15, 0.2) is 64.4 Å². The van der Waals surface area contributed by atoms with E-state index in [1.807, 2.05) is 61.5 Å². The second-order valence-electron chi connectivity index (χ2n) is 6.74. The van der Waals surface area contributed by atoms with Gasteiger partial charge in [0.05, 0.1) is 24.1 Å². The number of hydrogen-bond donors (Lipinski definition) is 1. The normalized spacial score (nSPS) is 11.6. The lowest BCUT2D eigenvalue weighted by Gasteiger charge is -2.04. The zero-order valence-electron chi connectivity index (χ0n) is 16.7. The van der Waals surface area contributed by atoms with Gasteiger partial charge < -0.3 is 4.74 Å². The Morgan fingerprint density at radius 3 is 2.43 bits per heavy atom. The standard InChI is InChI=1S/C23H27N3O2/c1-4-5-9-16-24-17(2)21-22(18-10-7-6-8-11-18)25-26(23(21)27)19-12-14-20(28-3)15-13-19/h6-8,10-15,25H,4-5,9,16H2,1-3H3. The molecule has 0 aliphatic carbocycles. The molecular weight excluding hydrogens is 350 g/mol. The molecule has 2 aromatic carbocycles. The van der Waals surface area contributed by atoms with E-state index in [-0.39, 0.29) is 5.56 Å². The molecule has 1 aromatic heterocycles. The zero-order chi connectivity index (χ0) is 19.9. The molecule has 5 nitrogen and oxygen atoms in total. The van der Waals surface area contributed by atoms with E-state index in [9.17, 15) is 4.79 Å². The van der Waals surface area contributed by atoms with Gasteiger partial charge in [-0.15, -0.1) is 0 Å². The van der Waals surface area contributed by atoms with Crippen LogP contribution < -0.4 is 10.3 Å². The number of aromatic amines is 1. The number of aromatic nitrogens is 2. The van der Waals surface area contributed by atoms with E-state index in [4.69, 9.17) is 4.74 Å². The van der Waals surface area contributed by atoms with Gasteiger partial charge in [-0.05, 0) is 37.6 Å². The first kappa shape index (κ1) is 19.7. The van der Waals surface area contributed by atoms with Crippen molar-refractivity contribution in [2.75, 3.05) is 13.7 Å². The van der Waals surface area contributed by atoms with Gasteiger partial charge in [0, 0.05) is 17.8 Å². The number of unbranched alkanes of at least 4 members (excludes halogenated alkanes) is 2. The molecule has 1 N–H and O–H groups in total. The number of benzene rings is 2. The first-order valence-corrected chi connectivity index (χ1v) is 9.72. The van der Waals surface area contributed by atoms with Crippen LogP contribution in [0.25, 0.3) is 16.9 Å². The van der Waals surface area contributed by atoms with Crippen LogP contribution in [0.2, 0.25) is 0 Å². The lowest BCUT2D eigenvalue weighted by atomic mass is 10.1. The summed E-state index contributed by atoms with van der Waals surface area (Å²) in [5.41, 5.74) is 3.80. The molecule has 0 radical (unpaired) electrons. The lowest BCUT2D eigenvalue weighted by Crippen LogP contribution is -2.19. The number of ether oxygens (including phenoxy) is 1. The summed E-state index contributed by atoms with van der Waals surface area (Å²) in [6, 6.07) is 17.3. The Kier molecular flexibility index (Phi) is 6.48. The van der Waals surface area contributed by atoms with E-state index >= 15 is 0 Å². The number of H-pyrrole nitrogens is 1. The quantitative estimate of drug-likeness (QED) is 0.451. The third-order valence-electron chi connectivity index (χ3n) is 4.76. The van der Waals surface area contributed by atoms with Crippen LogP contribution in [0, 0.1) is 0 Å². The van der Waals surface area contributed by atoms with E-state index in [1.165, 1.54) is 0 Å². The molecule has 0 saturated heterocycles. The van der Waals surface area contributed by atoms with Gasteiger partial charge in [-0.1, -0.05) is 50.1 Å². The Labute approximate surface area is 165 Å². The van der Waals surface area contributed by atoms with Crippen molar-refractivity contribution in [3.05, 3.63) is 70.5 Å². The fourth-order valence-corrected chi connectivity index (χ4v) is 3.19. The van der Waals surface area contributed by atoms with Crippen molar-refractivity contribution in [1.82, 2.24) is 9.78 Å². The van der Waals surface area contributed by atoms with Crippen LogP contribution >= 0.6 is 0 Å². The maximum Gasteiger partial charge on any atom is 0.280 e. The lowest BCUT2D eigenvalue weighted by molar-refractivity contribution is 0.414. The van der Waals surface area contributed by atoms with Gasteiger partial charge in [-0.2, -0.15) is 0 Å². The summed E-state index contributed by atoms with van der Waals surface area (Å²) in [5.74, 6) is 0.750. The fourth-order valence-electron chi connectivity index (χ4n) is 3.19. The fraction of sp³-hybridized carbons (Fsp3) is 0.304. The van der Waals surface area contributed by atoms with Crippen molar-refractivity contribution < 1.29 is 4.74 Å². The number of hydrogen-bond acceptors (Lipinski definition) is 3. The highest BCUT2D eigenvalue weighted by Gasteiger charge is 2.19. The van der Waals surface area contributed by atoms with Gasteiger partial charge in [0.2, 0.25) is 0 Å². The summed E-state index contributed by atoms with van der Waals surface area (Å²) >= 11 is 0. The third kappa shape index (κ3) is 4.25. The molecule has 0 bridgehead atoms. The van der Waals surface area contributed by atoms with E-state index < -0.39 is 0 Å². The van der Waals surface area contributed by atoms with E-state index in [0.717, 1.165) is 54.2 Å². The Balaban J connectivity index is 2.08. The maximum atomic E-state index is 13.3. The molecule has 0 aliphatic rings. The second-order valence-corrected chi connectivity index (χ2v) is 6.74. The zero-order valence-corrected chi connectivity index (χ0v) is 16.7. The molecule has 3 aromatic rings. The maximum absolute atomic E-state index is 13.3. The third-order valence-corrected chi connectivity index (χ3v) is 4.76. The molecule has 0 atom stereocenters. The largest absolute Gasteiger partial charge is 0.497 e. The van der Waals surface area contributed by atoms with E-state index in [0.29, 0.717) is 5.56 Å². The van der Waals surface area contributed by atoms with E-state index in [2.05, 4.69) is 17.0 Å². The summed E-state index contributed by atoms with van der Waals surface area (Å²) in [4.78, 5) is 17.9. The molecule has 0 amide bonds. The number of nitrogens with zero attached hydrogens (tertiary/aromatic N) is 2. The molecule has 1 heterocycles. The molecule has 3 rings (SSSR count). The Morgan fingerprint density at radius 1 is 1.07 bits per heavy atom. The number of nitrogens with one attached hydrogen (secondary N) is 1. The topological polar surface area (TPSA) is 59.4 Å². The molecule has 146 valence electrons. The van der Waals surface area contributed by atoms with Crippen LogP contribution in [0.1, 0.15) is 38.7 Å². The summed E-state index contributed by atoms with van der Waals surface area (Å²) < 4.78 is 6.79.